The van der Waals surface area contributed by atoms with Gasteiger partial charge in [0.2, 0.25) is 0 Å². The van der Waals surface area contributed by atoms with E-state index in [1.54, 1.807) is 0 Å². The smallest absolute Gasteiger partial charge is 0.0642 e. The molecule has 1 aliphatic heterocycles. The maximum absolute atomic E-state index is 6.44. The Kier molecular flexibility index (Phi) is 5.53. The SMILES string of the molecule is CCNCc1ccc(N2CCC(CC)CC2)c(Cl)c1. The van der Waals surface area contributed by atoms with Gasteiger partial charge in [-0.15, -0.1) is 0 Å². The molecule has 2 nitrogen and oxygen atoms in total. The van der Waals surface area contributed by atoms with Crippen molar-refractivity contribution in [3.05, 3.63) is 28.8 Å². The maximum atomic E-state index is 6.44. The van der Waals surface area contributed by atoms with Crippen LogP contribution in [-0.2, 0) is 6.54 Å². The van der Waals surface area contributed by atoms with Crippen LogP contribution in [0.1, 0.15) is 38.7 Å². The molecule has 0 saturated carbocycles. The van der Waals surface area contributed by atoms with Crippen LogP contribution in [0.15, 0.2) is 18.2 Å². The third kappa shape index (κ3) is 3.87. The number of nitrogens with one attached hydrogen (secondary N) is 1. The van der Waals surface area contributed by atoms with E-state index in [2.05, 4.69) is 42.3 Å². The fraction of sp³-hybridized carbons (Fsp3) is 0.625. The standard InChI is InChI=1S/C16H25ClN2/c1-3-13-7-9-19(10-8-13)16-6-5-14(11-15(16)17)12-18-4-2/h5-6,11,13,18H,3-4,7-10,12H2,1-2H3. The molecule has 0 atom stereocenters. The molecule has 0 aromatic heterocycles. The highest BCUT2D eigenvalue weighted by Crippen LogP contribution is 2.31. The van der Waals surface area contributed by atoms with Gasteiger partial charge in [0.25, 0.3) is 0 Å². The Bertz CT molecular complexity index is 398. The molecule has 2 rings (SSSR count). The molecule has 3 heteroatoms. The van der Waals surface area contributed by atoms with Gasteiger partial charge in [-0.05, 0) is 43.0 Å². The first-order valence-corrected chi connectivity index (χ1v) is 7.86. The Morgan fingerprint density at radius 3 is 2.58 bits per heavy atom. The van der Waals surface area contributed by atoms with E-state index in [1.807, 2.05) is 0 Å². The van der Waals surface area contributed by atoms with Gasteiger partial charge in [-0.2, -0.15) is 0 Å². The number of piperidine rings is 1. The van der Waals surface area contributed by atoms with Crippen molar-refractivity contribution in [1.29, 1.82) is 0 Å². The molecule has 1 saturated heterocycles. The van der Waals surface area contributed by atoms with Gasteiger partial charge in [-0.25, -0.2) is 0 Å². The van der Waals surface area contributed by atoms with Crippen LogP contribution in [0.4, 0.5) is 5.69 Å². The minimum Gasteiger partial charge on any atom is -0.370 e. The van der Waals surface area contributed by atoms with E-state index < -0.39 is 0 Å². The summed E-state index contributed by atoms with van der Waals surface area (Å²) >= 11 is 6.44. The molecule has 1 heterocycles. The summed E-state index contributed by atoms with van der Waals surface area (Å²) in [6.45, 7) is 8.59. The quantitative estimate of drug-likeness (QED) is 0.874. The molecule has 1 aromatic rings. The second kappa shape index (κ2) is 7.16. The van der Waals surface area contributed by atoms with Gasteiger partial charge in [0.05, 0.1) is 10.7 Å². The van der Waals surface area contributed by atoms with Crippen molar-refractivity contribution in [1.82, 2.24) is 5.32 Å². The van der Waals surface area contributed by atoms with E-state index in [1.165, 1.54) is 30.5 Å². The fourth-order valence-electron chi connectivity index (χ4n) is 2.77. The van der Waals surface area contributed by atoms with Crippen molar-refractivity contribution in [3.63, 3.8) is 0 Å². The largest absolute Gasteiger partial charge is 0.370 e. The predicted octanol–water partition coefficient (Wildman–Crippen LogP) is 4.08. The van der Waals surface area contributed by atoms with E-state index >= 15 is 0 Å². The third-order valence-corrected chi connectivity index (χ3v) is 4.43. The van der Waals surface area contributed by atoms with Gasteiger partial charge in [-0.3, -0.25) is 0 Å². The topological polar surface area (TPSA) is 15.3 Å². The molecule has 1 fully saturated rings. The first-order chi connectivity index (χ1) is 9.24. The van der Waals surface area contributed by atoms with Crippen molar-refractivity contribution < 1.29 is 0 Å². The summed E-state index contributed by atoms with van der Waals surface area (Å²) in [5.74, 6) is 0.906. The van der Waals surface area contributed by atoms with E-state index in [9.17, 15) is 0 Å². The van der Waals surface area contributed by atoms with Crippen LogP contribution >= 0.6 is 11.6 Å². The number of nitrogens with zero attached hydrogens (tertiary/aromatic N) is 1. The average molecular weight is 281 g/mol. The summed E-state index contributed by atoms with van der Waals surface area (Å²) in [7, 11) is 0. The van der Waals surface area contributed by atoms with Crippen LogP contribution in [0.2, 0.25) is 5.02 Å². The van der Waals surface area contributed by atoms with Crippen molar-refractivity contribution in [2.75, 3.05) is 24.5 Å². The van der Waals surface area contributed by atoms with Gasteiger partial charge in [0, 0.05) is 19.6 Å². The lowest BCUT2D eigenvalue weighted by Gasteiger charge is -2.33. The number of anilines is 1. The third-order valence-electron chi connectivity index (χ3n) is 4.12. The van der Waals surface area contributed by atoms with Gasteiger partial charge < -0.3 is 10.2 Å². The van der Waals surface area contributed by atoms with Crippen molar-refractivity contribution >= 4 is 17.3 Å². The Hall–Kier alpha value is -0.730. The van der Waals surface area contributed by atoms with Crippen molar-refractivity contribution in [2.24, 2.45) is 5.92 Å². The monoisotopic (exact) mass is 280 g/mol. The summed E-state index contributed by atoms with van der Waals surface area (Å²) < 4.78 is 0. The fourth-order valence-corrected chi connectivity index (χ4v) is 3.09. The van der Waals surface area contributed by atoms with E-state index in [4.69, 9.17) is 11.6 Å². The zero-order chi connectivity index (χ0) is 13.7. The molecule has 1 aromatic carbocycles. The summed E-state index contributed by atoms with van der Waals surface area (Å²) in [6.07, 6.45) is 3.90. The highest BCUT2D eigenvalue weighted by Gasteiger charge is 2.19. The normalized spacial score (nSPS) is 16.9. The second-order valence-corrected chi connectivity index (χ2v) is 5.81. The first kappa shape index (κ1) is 14.7. The molecule has 106 valence electrons. The van der Waals surface area contributed by atoms with Gasteiger partial charge in [0.15, 0.2) is 0 Å². The Morgan fingerprint density at radius 1 is 1.26 bits per heavy atom. The van der Waals surface area contributed by atoms with Crippen molar-refractivity contribution in [3.8, 4) is 0 Å². The van der Waals surface area contributed by atoms with Crippen LogP contribution in [0.25, 0.3) is 0 Å². The highest BCUT2D eigenvalue weighted by molar-refractivity contribution is 6.33. The van der Waals surface area contributed by atoms with Gasteiger partial charge in [0.1, 0.15) is 0 Å². The molecule has 0 radical (unpaired) electrons. The predicted molar refractivity (Wildman–Crippen MR) is 84.1 cm³/mol. The Morgan fingerprint density at radius 2 is 2.00 bits per heavy atom. The van der Waals surface area contributed by atoms with Crippen LogP contribution in [0.3, 0.4) is 0 Å². The number of benzene rings is 1. The molecule has 0 bridgehead atoms. The average Bonchev–Trinajstić information content (AvgIpc) is 2.45. The van der Waals surface area contributed by atoms with E-state index in [0.717, 1.165) is 37.1 Å². The zero-order valence-corrected chi connectivity index (χ0v) is 12.8. The number of halogens is 1. The lowest BCUT2D eigenvalue weighted by molar-refractivity contribution is 0.395. The number of hydrogen-bond donors (Lipinski definition) is 1. The Labute approximate surface area is 122 Å². The molecular formula is C16H25ClN2. The highest BCUT2D eigenvalue weighted by atomic mass is 35.5. The van der Waals surface area contributed by atoms with Crippen molar-refractivity contribution in [2.45, 2.75) is 39.7 Å². The van der Waals surface area contributed by atoms with E-state index in [0.29, 0.717) is 0 Å². The lowest BCUT2D eigenvalue weighted by atomic mass is 9.94. The summed E-state index contributed by atoms with van der Waals surface area (Å²) in [5, 5.41) is 4.23. The zero-order valence-electron chi connectivity index (χ0n) is 12.1. The number of rotatable bonds is 5. The molecule has 0 amide bonds. The second-order valence-electron chi connectivity index (χ2n) is 5.40. The summed E-state index contributed by atoms with van der Waals surface area (Å²) in [4.78, 5) is 2.44. The molecule has 1 N–H and O–H groups in total. The van der Waals surface area contributed by atoms with Crippen LogP contribution < -0.4 is 10.2 Å². The minimum atomic E-state index is 0.894. The van der Waals surface area contributed by atoms with E-state index in [-0.39, 0.29) is 0 Å². The molecule has 1 aliphatic rings. The summed E-state index contributed by atoms with van der Waals surface area (Å²) in [6, 6.07) is 6.47. The van der Waals surface area contributed by atoms with Crippen LogP contribution in [0, 0.1) is 5.92 Å². The molecule has 0 unspecified atom stereocenters. The van der Waals surface area contributed by atoms with Crippen LogP contribution in [0.5, 0.6) is 0 Å². The molecule has 0 spiro atoms. The number of hydrogen-bond acceptors (Lipinski definition) is 2. The maximum Gasteiger partial charge on any atom is 0.0642 e. The lowest BCUT2D eigenvalue weighted by Crippen LogP contribution is -2.33. The molecule has 0 aliphatic carbocycles. The molecular weight excluding hydrogens is 256 g/mol. The molecule has 19 heavy (non-hydrogen) atoms. The minimum absolute atomic E-state index is 0.894. The van der Waals surface area contributed by atoms with Crippen LogP contribution in [-0.4, -0.2) is 19.6 Å². The summed E-state index contributed by atoms with van der Waals surface area (Å²) in [5.41, 5.74) is 2.47. The Balaban J connectivity index is 2.01. The van der Waals surface area contributed by atoms with Gasteiger partial charge >= 0.3 is 0 Å². The first-order valence-electron chi connectivity index (χ1n) is 7.48. The van der Waals surface area contributed by atoms with Gasteiger partial charge in [-0.1, -0.05) is 37.9 Å².